The molecule has 1 atom stereocenters. The zero-order chi connectivity index (χ0) is 17.7. The topological polar surface area (TPSA) is 62.7 Å². The van der Waals surface area contributed by atoms with Crippen molar-refractivity contribution in [3.05, 3.63) is 40.3 Å². The molecule has 0 unspecified atom stereocenters. The zero-order valence-corrected chi connectivity index (χ0v) is 15.9. The monoisotopic (exact) mass is 379 g/mol. The first-order valence-electron chi connectivity index (χ1n) is 8.26. The number of para-hydroxylation sites is 1. The fourth-order valence-electron chi connectivity index (χ4n) is 3.62. The highest BCUT2D eigenvalue weighted by Gasteiger charge is 2.47. The standard InChI is InChI=1S/C17H21N3O3S2/c1-13-18-14(10-24-13)9-20-12-17(7-8-19(2)11-17)23-15-5-3-4-6-16(15)25(20,21)22/h3-6,10H,7-9,11-12H2,1-2H3/t17-/m0/s1. The number of thiazole rings is 1. The summed E-state index contributed by atoms with van der Waals surface area (Å²) in [6.45, 7) is 4.15. The van der Waals surface area contributed by atoms with Gasteiger partial charge in [-0.25, -0.2) is 13.4 Å². The molecule has 0 N–H and O–H groups in total. The Bertz CT molecular complexity index is 896. The van der Waals surface area contributed by atoms with Crippen LogP contribution >= 0.6 is 11.3 Å². The summed E-state index contributed by atoms with van der Waals surface area (Å²) in [4.78, 5) is 6.88. The van der Waals surface area contributed by atoms with Crippen LogP contribution in [0, 0.1) is 6.92 Å². The third kappa shape index (κ3) is 3.08. The first-order chi connectivity index (χ1) is 11.9. The number of rotatable bonds is 2. The maximum Gasteiger partial charge on any atom is 0.247 e. The molecule has 2 aliphatic heterocycles. The van der Waals surface area contributed by atoms with Crippen molar-refractivity contribution < 1.29 is 13.2 Å². The van der Waals surface area contributed by atoms with Gasteiger partial charge < -0.3 is 9.64 Å². The molecule has 1 saturated heterocycles. The van der Waals surface area contributed by atoms with Crippen LogP contribution in [0.5, 0.6) is 5.75 Å². The smallest absolute Gasteiger partial charge is 0.247 e. The average Bonchev–Trinajstić information content (AvgIpc) is 3.11. The molecule has 1 aromatic carbocycles. The molecule has 0 bridgehead atoms. The van der Waals surface area contributed by atoms with E-state index in [1.54, 1.807) is 18.2 Å². The van der Waals surface area contributed by atoms with E-state index in [2.05, 4.69) is 9.88 Å². The molecule has 2 aromatic rings. The Morgan fingerprint density at radius 2 is 2.12 bits per heavy atom. The molecular formula is C17H21N3O3S2. The number of benzene rings is 1. The van der Waals surface area contributed by atoms with E-state index in [-0.39, 0.29) is 11.4 Å². The van der Waals surface area contributed by atoms with Gasteiger partial charge in [-0.15, -0.1) is 11.3 Å². The summed E-state index contributed by atoms with van der Waals surface area (Å²) >= 11 is 1.54. The van der Waals surface area contributed by atoms with Crippen molar-refractivity contribution >= 4 is 21.4 Å². The van der Waals surface area contributed by atoms with Gasteiger partial charge in [0.05, 0.1) is 23.8 Å². The molecule has 2 aliphatic rings. The van der Waals surface area contributed by atoms with E-state index in [1.807, 2.05) is 25.4 Å². The molecule has 0 radical (unpaired) electrons. The Kier molecular flexibility index (Phi) is 4.10. The van der Waals surface area contributed by atoms with Gasteiger partial charge in [-0.2, -0.15) is 4.31 Å². The molecule has 1 fully saturated rings. The molecule has 25 heavy (non-hydrogen) atoms. The van der Waals surface area contributed by atoms with E-state index >= 15 is 0 Å². The number of hydrogen-bond acceptors (Lipinski definition) is 6. The third-order valence-electron chi connectivity index (χ3n) is 4.77. The first-order valence-corrected chi connectivity index (χ1v) is 10.6. The van der Waals surface area contributed by atoms with Crippen LogP contribution in [0.3, 0.4) is 0 Å². The lowest BCUT2D eigenvalue weighted by molar-refractivity contribution is 0.0603. The normalized spacial score (nSPS) is 26.3. The Morgan fingerprint density at radius 3 is 2.80 bits per heavy atom. The summed E-state index contributed by atoms with van der Waals surface area (Å²) in [6, 6.07) is 6.94. The van der Waals surface area contributed by atoms with Crippen LogP contribution in [0.15, 0.2) is 34.5 Å². The summed E-state index contributed by atoms with van der Waals surface area (Å²) < 4.78 is 34.4. The number of ether oxygens (including phenoxy) is 1. The van der Waals surface area contributed by atoms with E-state index in [0.29, 0.717) is 18.8 Å². The highest BCUT2D eigenvalue weighted by molar-refractivity contribution is 7.89. The van der Waals surface area contributed by atoms with Gasteiger partial charge in [-0.05, 0) is 26.1 Å². The van der Waals surface area contributed by atoms with Crippen LogP contribution < -0.4 is 4.74 Å². The maximum atomic E-state index is 13.3. The van der Waals surface area contributed by atoms with Crippen LogP contribution in [-0.4, -0.2) is 54.9 Å². The minimum Gasteiger partial charge on any atom is -0.483 e. The molecule has 1 aromatic heterocycles. The van der Waals surface area contributed by atoms with Crippen molar-refractivity contribution in [2.75, 3.05) is 26.7 Å². The second-order valence-electron chi connectivity index (χ2n) is 6.85. The molecule has 0 amide bonds. The quantitative estimate of drug-likeness (QED) is 0.800. The number of nitrogens with zero attached hydrogens (tertiary/aromatic N) is 3. The lowest BCUT2D eigenvalue weighted by atomic mass is 10.0. The minimum atomic E-state index is -3.63. The molecule has 1 spiro atoms. The Labute approximate surface area is 152 Å². The van der Waals surface area contributed by atoms with Gasteiger partial charge in [0.25, 0.3) is 0 Å². The van der Waals surface area contributed by atoms with Gasteiger partial charge in [0.1, 0.15) is 16.2 Å². The number of likely N-dealkylation sites (tertiary alicyclic amines) is 1. The van der Waals surface area contributed by atoms with Gasteiger partial charge >= 0.3 is 0 Å². The maximum absolute atomic E-state index is 13.3. The van der Waals surface area contributed by atoms with E-state index < -0.39 is 15.6 Å². The molecule has 0 aliphatic carbocycles. The van der Waals surface area contributed by atoms with Crippen LogP contribution in [-0.2, 0) is 16.6 Å². The van der Waals surface area contributed by atoms with E-state index in [9.17, 15) is 8.42 Å². The lowest BCUT2D eigenvalue weighted by Gasteiger charge is -2.31. The highest BCUT2D eigenvalue weighted by Crippen LogP contribution is 2.38. The Hall–Kier alpha value is -1.48. The molecule has 6 nitrogen and oxygen atoms in total. The molecule has 8 heteroatoms. The summed E-state index contributed by atoms with van der Waals surface area (Å²) in [7, 11) is -1.60. The second kappa shape index (κ2) is 6.05. The summed E-state index contributed by atoms with van der Waals surface area (Å²) in [5, 5.41) is 2.87. The number of sulfonamides is 1. The lowest BCUT2D eigenvalue weighted by Crippen LogP contribution is -2.48. The highest BCUT2D eigenvalue weighted by atomic mass is 32.2. The molecule has 3 heterocycles. The van der Waals surface area contributed by atoms with Gasteiger partial charge in [-0.1, -0.05) is 12.1 Å². The van der Waals surface area contributed by atoms with Crippen molar-refractivity contribution in [1.82, 2.24) is 14.2 Å². The zero-order valence-electron chi connectivity index (χ0n) is 14.3. The number of aryl methyl sites for hydroxylation is 1. The van der Waals surface area contributed by atoms with Crippen LogP contribution in [0.2, 0.25) is 0 Å². The number of fused-ring (bicyclic) bond motifs is 1. The van der Waals surface area contributed by atoms with Crippen LogP contribution in [0.25, 0.3) is 0 Å². The minimum absolute atomic E-state index is 0.244. The fraction of sp³-hybridized carbons (Fsp3) is 0.471. The van der Waals surface area contributed by atoms with Gasteiger partial charge in [-0.3, -0.25) is 0 Å². The largest absolute Gasteiger partial charge is 0.483 e. The van der Waals surface area contributed by atoms with Gasteiger partial charge in [0.2, 0.25) is 10.0 Å². The number of hydrogen-bond donors (Lipinski definition) is 0. The van der Waals surface area contributed by atoms with Crippen molar-refractivity contribution in [3.63, 3.8) is 0 Å². The van der Waals surface area contributed by atoms with E-state index in [4.69, 9.17) is 4.74 Å². The number of aromatic nitrogens is 1. The first kappa shape index (κ1) is 17.0. The van der Waals surface area contributed by atoms with E-state index in [1.165, 1.54) is 15.6 Å². The Balaban J connectivity index is 1.78. The van der Waals surface area contributed by atoms with Crippen molar-refractivity contribution in [1.29, 1.82) is 0 Å². The van der Waals surface area contributed by atoms with Gasteiger partial charge in [0.15, 0.2) is 0 Å². The fourth-order valence-corrected chi connectivity index (χ4v) is 5.82. The average molecular weight is 380 g/mol. The van der Waals surface area contributed by atoms with Crippen molar-refractivity contribution in [2.45, 2.75) is 30.4 Å². The summed E-state index contributed by atoms with van der Waals surface area (Å²) in [6.07, 6.45) is 0.806. The van der Waals surface area contributed by atoms with Crippen molar-refractivity contribution in [2.24, 2.45) is 0 Å². The van der Waals surface area contributed by atoms with Gasteiger partial charge in [0, 0.05) is 24.9 Å². The number of likely N-dealkylation sites (N-methyl/N-ethyl adjacent to an activating group) is 1. The Morgan fingerprint density at radius 1 is 1.32 bits per heavy atom. The molecule has 4 rings (SSSR count). The molecular weight excluding hydrogens is 358 g/mol. The SMILES string of the molecule is Cc1nc(CN2C[C@@]3(CCN(C)C3)Oc3ccccc3S2(=O)=O)cs1. The van der Waals surface area contributed by atoms with Crippen molar-refractivity contribution in [3.8, 4) is 5.75 Å². The third-order valence-corrected chi connectivity index (χ3v) is 7.42. The van der Waals surface area contributed by atoms with Crippen LogP contribution in [0.4, 0.5) is 0 Å². The summed E-state index contributed by atoms with van der Waals surface area (Å²) in [5.74, 6) is 0.453. The molecule has 0 saturated carbocycles. The van der Waals surface area contributed by atoms with Crippen LogP contribution in [0.1, 0.15) is 17.1 Å². The molecule has 134 valence electrons. The second-order valence-corrected chi connectivity index (χ2v) is 9.82. The predicted octanol–water partition coefficient (Wildman–Crippen LogP) is 2.11. The van der Waals surface area contributed by atoms with E-state index in [0.717, 1.165) is 23.7 Å². The summed E-state index contributed by atoms with van der Waals surface area (Å²) in [5.41, 5.74) is 0.270. The predicted molar refractivity (Wildman–Crippen MR) is 96.4 cm³/mol.